The lowest BCUT2D eigenvalue weighted by Gasteiger charge is -2.27. The van der Waals surface area contributed by atoms with E-state index < -0.39 is 0 Å². The largest absolute Gasteiger partial charge is 0.490 e. The van der Waals surface area contributed by atoms with Crippen molar-refractivity contribution in [3.63, 3.8) is 0 Å². The molecule has 0 atom stereocenters. The number of amides is 1. The number of hydrogen-bond donors (Lipinski definition) is 0. The molecule has 0 bridgehead atoms. The van der Waals surface area contributed by atoms with Crippen molar-refractivity contribution in [2.75, 3.05) is 50.9 Å². The van der Waals surface area contributed by atoms with Crippen molar-refractivity contribution >= 4 is 43.6 Å². The molecule has 1 fully saturated rings. The number of carbonyl (C=O) groups is 1. The maximum absolute atomic E-state index is 13.8. The normalized spacial score (nSPS) is 14.6. The molecule has 0 saturated carbocycles. The number of ether oxygens (including phenoxy) is 2. The van der Waals surface area contributed by atoms with E-state index in [2.05, 4.69) is 24.0 Å². The summed E-state index contributed by atoms with van der Waals surface area (Å²) >= 11 is 1.56. The van der Waals surface area contributed by atoms with Gasteiger partial charge in [0, 0.05) is 31.6 Å². The third-order valence-electron chi connectivity index (χ3n) is 6.30. The summed E-state index contributed by atoms with van der Waals surface area (Å²) in [4.78, 5) is 22.8. The summed E-state index contributed by atoms with van der Waals surface area (Å²) in [6.45, 7) is 9.46. The molecule has 1 aliphatic heterocycles. The van der Waals surface area contributed by atoms with E-state index in [4.69, 9.17) is 18.9 Å². The highest BCUT2D eigenvalue weighted by molar-refractivity contribution is 7.22. The lowest BCUT2D eigenvalue weighted by atomic mass is 10.2. The van der Waals surface area contributed by atoms with Crippen molar-refractivity contribution in [3.8, 4) is 5.75 Å². The SMILES string of the molecule is CCOc1cccc2cc(C(=O)N(CCCN3CCOCC3)c3nc4ccc(CC)cc4s3)oc12. The first-order valence-electron chi connectivity index (χ1n) is 12.3. The average Bonchev–Trinajstić information content (AvgIpc) is 3.51. The second-order valence-corrected chi connectivity index (χ2v) is 9.64. The minimum Gasteiger partial charge on any atom is -0.490 e. The van der Waals surface area contributed by atoms with Crippen molar-refractivity contribution in [1.29, 1.82) is 0 Å². The molecule has 1 amide bonds. The van der Waals surface area contributed by atoms with Gasteiger partial charge in [-0.3, -0.25) is 14.6 Å². The molecule has 7 nitrogen and oxygen atoms in total. The maximum atomic E-state index is 13.8. The molecular weight excluding hydrogens is 462 g/mol. The van der Waals surface area contributed by atoms with Crippen molar-refractivity contribution in [2.45, 2.75) is 26.7 Å². The Morgan fingerprint density at radius 1 is 1.17 bits per heavy atom. The predicted octanol–water partition coefficient (Wildman–Crippen LogP) is 5.37. The molecule has 4 aromatic rings. The summed E-state index contributed by atoms with van der Waals surface area (Å²) in [7, 11) is 0. The second kappa shape index (κ2) is 10.8. The van der Waals surface area contributed by atoms with Crippen LogP contribution in [-0.4, -0.2) is 61.8 Å². The molecule has 5 rings (SSSR count). The van der Waals surface area contributed by atoms with Crippen LogP contribution >= 0.6 is 11.3 Å². The number of carbonyl (C=O) groups excluding carboxylic acids is 1. The highest BCUT2D eigenvalue weighted by atomic mass is 32.1. The van der Waals surface area contributed by atoms with Gasteiger partial charge >= 0.3 is 0 Å². The first-order valence-corrected chi connectivity index (χ1v) is 13.1. The number of para-hydroxylation sites is 1. The Balaban J connectivity index is 1.44. The number of rotatable bonds is 9. The molecule has 0 radical (unpaired) electrons. The number of aromatic nitrogens is 1. The molecule has 2 aromatic heterocycles. The molecule has 0 aliphatic carbocycles. The summed E-state index contributed by atoms with van der Waals surface area (Å²) in [6, 6.07) is 13.8. The first kappa shape index (κ1) is 23.8. The molecule has 0 N–H and O–H groups in total. The van der Waals surface area contributed by atoms with Crippen LogP contribution in [0.5, 0.6) is 5.75 Å². The van der Waals surface area contributed by atoms with Crippen molar-refractivity contribution in [2.24, 2.45) is 0 Å². The molecule has 3 heterocycles. The van der Waals surface area contributed by atoms with E-state index in [1.165, 1.54) is 5.56 Å². The van der Waals surface area contributed by atoms with Gasteiger partial charge in [-0.1, -0.05) is 36.5 Å². The number of benzene rings is 2. The van der Waals surface area contributed by atoms with E-state index in [0.29, 0.717) is 35.4 Å². The van der Waals surface area contributed by atoms with Crippen LogP contribution < -0.4 is 9.64 Å². The fourth-order valence-electron chi connectivity index (χ4n) is 4.40. The average molecular weight is 494 g/mol. The van der Waals surface area contributed by atoms with Crippen molar-refractivity contribution in [1.82, 2.24) is 9.88 Å². The standard InChI is InChI=1S/C27H31N3O4S/c1-3-19-9-10-21-24(17-19)35-27(28-21)30(12-6-11-29-13-15-32-16-14-29)26(31)23-18-20-7-5-8-22(33-4-2)25(20)34-23/h5,7-10,17-18H,3-4,6,11-16H2,1-2H3. The molecular formula is C27H31N3O4S. The molecule has 184 valence electrons. The summed E-state index contributed by atoms with van der Waals surface area (Å²) in [5.41, 5.74) is 2.78. The number of aryl methyl sites for hydroxylation is 1. The Kier molecular flexibility index (Phi) is 7.32. The molecule has 0 unspecified atom stereocenters. The van der Waals surface area contributed by atoms with Crippen LogP contribution in [-0.2, 0) is 11.2 Å². The van der Waals surface area contributed by atoms with E-state index in [0.717, 1.165) is 61.3 Å². The lowest BCUT2D eigenvalue weighted by Crippen LogP contribution is -2.39. The number of furan rings is 1. The molecule has 2 aromatic carbocycles. The Labute approximate surface area is 209 Å². The Hall–Kier alpha value is -2.94. The third kappa shape index (κ3) is 5.19. The molecule has 8 heteroatoms. The van der Waals surface area contributed by atoms with Gasteiger partial charge in [0.2, 0.25) is 0 Å². The fraction of sp³-hybridized carbons (Fsp3) is 0.407. The lowest BCUT2D eigenvalue weighted by molar-refractivity contribution is 0.0376. The van der Waals surface area contributed by atoms with Gasteiger partial charge in [0.15, 0.2) is 22.2 Å². The van der Waals surface area contributed by atoms with Crippen molar-refractivity contribution < 1.29 is 18.7 Å². The van der Waals surface area contributed by atoms with Gasteiger partial charge in [0.25, 0.3) is 5.91 Å². The summed E-state index contributed by atoms with van der Waals surface area (Å²) < 4.78 is 18.3. The van der Waals surface area contributed by atoms with E-state index >= 15 is 0 Å². The monoisotopic (exact) mass is 493 g/mol. The molecule has 1 aliphatic rings. The third-order valence-corrected chi connectivity index (χ3v) is 7.35. The zero-order valence-corrected chi connectivity index (χ0v) is 21.1. The van der Waals surface area contributed by atoms with Crippen LogP contribution in [0.4, 0.5) is 5.13 Å². The van der Waals surface area contributed by atoms with E-state index in [-0.39, 0.29) is 5.91 Å². The molecule has 0 spiro atoms. The van der Waals surface area contributed by atoms with Crippen LogP contribution in [0.15, 0.2) is 46.9 Å². The quantitative estimate of drug-likeness (QED) is 0.312. The minimum absolute atomic E-state index is 0.180. The molecule has 1 saturated heterocycles. The zero-order chi connectivity index (χ0) is 24.2. The van der Waals surface area contributed by atoms with E-state index in [9.17, 15) is 4.79 Å². The predicted molar refractivity (Wildman–Crippen MR) is 140 cm³/mol. The summed E-state index contributed by atoms with van der Waals surface area (Å²) in [6.07, 6.45) is 1.80. The number of hydrogen-bond acceptors (Lipinski definition) is 7. The number of thiazole rings is 1. The van der Waals surface area contributed by atoms with Gasteiger partial charge in [0.05, 0.1) is 30.0 Å². The Morgan fingerprint density at radius 3 is 2.83 bits per heavy atom. The molecule has 35 heavy (non-hydrogen) atoms. The van der Waals surface area contributed by atoms with Crippen LogP contribution in [0, 0.1) is 0 Å². The van der Waals surface area contributed by atoms with Crippen LogP contribution in [0.2, 0.25) is 0 Å². The fourth-order valence-corrected chi connectivity index (χ4v) is 5.45. The van der Waals surface area contributed by atoms with Gasteiger partial charge in [-0.05, 0) is 49.6 Å². The number of nitrogens with zero attached hydrogens (tertiary/aromatic N) is 3. The topological polar surface area (TPSA) is 68.0 Å². The van der Waals surface area contributed by atoms with E-state index in [1.54, 1.807) is 22.3 Å². The summed E-state index contributed by atoms with van der Waals surface area (Å²) in [5.74, 6) is 0.766. The smallest absolute Gasteiger partial charge is 0.295 e. The van der Waals surface area contributed by atoms with Crippen LogP contribution in [0.25, 0.3) is 21.2 Å². The van der Waals surface area contributed by atoms with Gasteiger partial charge in [-0.25, -0.2) is 4.98 Å². The van der Waals surface area contributed by atoms with Crippen molar-refractivity contribution in [3.05, 3.63) is 53.8 Å². The number of anilines is 1. The zero-order valence-electron chi connectivity index (χ0n) is 20.3. The van der Waals surface area contributed by atoms with Gasteiger partial charge in [-0.15, -0.1) is 0 Å². The van der Waals surface area contributed by atoms with E-state index in [1.807, 2.05) is 31.2 Å². The number of fused-ring (bicyclic) bond motifs is 2. The van der Waals surface area contributed by atoms with Gasteiger partial charge in [0.1, 0.15) is 0 Å². The minimum atomic E-state index is -0.180. The second-order valence-electron chi connectivity index (χ2n) is 8.63. The highest BCUT2D eigenvalue weighted by Crippen LogP contribution is 2.33. The maximum Gasteiger partial charge on any atom is 0.295 e. The Bertz CT molecular complexity index is 1310. The Morgan fingerprint density at radius 2 is 2.03 bits per heavy atom. The van der Waals surface area contributed by atoms with Gasteiger partial charge in [-0.2, -0.15) is 0 Å². The van der Waals surface area contributed by atoms with Crippen LogP contribution in [0.3, 0.4) is 0 Å². The first-order chi connectivity index (χ1) is 17.2. The van der Waals surface area contributed by atoms with Crippen LogP contribution in [0.1, 0.15) is 36.4 Å². The number of morpholine rings is 1. The summed E-state index contributed by atoms with van der Waals surface area (Å²) in [5, 5.41) is 1.55. The highest BCUT2D eigenvalue weighted by Gasteiger charge is 2.25. The van der Waals surface area contributed by atoms with Gasteiger partial charge < -0.3 is 13.9 Å².